The Hall–Kier alpha value is -1.85. The number of nitrogens with one attached hydrogen (secondary N) is 2. The van der Waals surface area contributed by atoms with Gasteiger partial charge in [-0.15, -0.1) is 0 Å². The molecule has 0 fully saturated rings. The number of rotatable bonds is 5. The van der Waals surface area contributed by atoms with E-state index in [1.54, 1.807) is 12.1 Å². The van der Waals surface area contributed by atoms with Crippen LogP contribution in [0.25, 0.3) is 11.3 Å². The lowest BCUT2D eigenvalue weighted by Crippen LogP contribution is -2.33. The maximum atomic E-state index is 12.0. The highest BCUT2D eigenvalue weighted by molar-refractivity contribution is 6.33. The molecule has 106 valence electrons. The van der Waals surface area contributed by atoms with Gasteiger partial charge in [-0.2, -0.15) is 5.10 Å². The SMILES string of the molecule is C[C@H](CCO)NC(=O)c1cc(-c2ccccc2Cl)n[nH]1. The summed E-state index contributed by atoms with van der Waals surface area (Å²) in [6.45, 7) is 1.87. The highest BCUT2D eigenvalue weighted by atomic mass is 35.5. The van der Waals surface area contributed by atoms with Crippen molar-refractivity contribution in [1.29, 1.82) is 0 Å². The highest BCUT2D eigenvalue weighted by Gasteiger charge is 2.14. The number of aromatic nitrogens is 2. The quantitative estimate of drug-likeness (QED) is 0.791. The molecule has 2 rings (SSSR count). The molecule has 1 aromatic carbocycles. The molecular weight excluding hydrogens is 278 g/mol. The summed E-state index contributed by atoms with van der Waals surface area (Å²) in [4.78, 5) is 12.0. The molecule has 0 spiro atoms. The Kier molecular flexibility index (Phi) is 4.76. The van der Waals surface area contributed by atoms with Crippen molar-refractivity contribution in [3.8, 4) is 11.3 Å². The van der Waals surface area contributed by atoms with E-state index in [1.165, 1.54) is 0 Å². The number of hydrogen-bond donors (Lipinski definition) is 3. The summed E-state index contributed by atoms with van der Waals surface area (Å²) in [5.41, 5.74) is 1.76. The minimum absolute atomic E-state index is 0.0370. The molecule has 0 aliphatic rings. The molecule has 0 radical (unpaired) electrons. The smallest absolute Gasteiger partial charge is 0.269 e. The number of aromatic amines is 1. The number of H-pyrrole nitrogens is 1. The minimum atomic E-state index is -0.253. The molecule has 20 heavy (non-hydrogen) atoms. The minimum Gasteiger partial charge on any atom is -0.396 e. The fraction of sp³-hybridized carbons (Fsp3) is 0.286. The lowest BCUT2D eigenvalue weighted by molar-refractivity contribution is 0.0929. The van der Waals surface area contributed by atoms with E-state index in [-0.39, 0.29) is 18.6 Å². The summed E-state index contributed by atoms with van der Waals surface area (Å²) in [5, 5.41) is 19.0. The van der Waals surface area contributed by atoms with E-state index in [9.17, 15) is 4.79 Å². The van der Waals surface area contributed by atoms with Gasteiger partial charge in [0.1, 0.15) is 5.69 Å². The van der Waals surface area contributed by atoms with Crippen LogP contribution in [-0.4, -0.2) is 33.9 Å². The van der Waals surface area contributed by atoms with Gasteiger partial charge < -0.3 is 10.4 Å². The Morgan fingerprint density at radius 3 is 2.95 bits per heavy atom. The monoisotopic (exact) mass is 293 g/mol. The average Bonchev–Trinajstić information content (AvgIpc) is 2.89. The molecule has 1 atom stereocenters. The van der Waals surface area contributed by atoms with Gasteiger partial charge in [-0.1, -0.05) is 29.8 Å². The van der Waals surface area contributed by atoms with Crippen molar-refractivity contribution >= 4 is 17.5 Å². The van der Waals surface area contributed by atoms with Crippen LogP contribution in [0.15, 0.2) is 30.3 Å². The van der Waals surface area contributed by atoms with E-state index < -0.39 is 0 Å². The molecule has 0 unspecified atom stereocenters. The summed E-state index contributed by atoms with van der Waals surface area (Å²) < 4.78 is 0. The predicted octanol–water partition coefficient (Wildman–Crippen LogP) is 2.23. The lowest BCUT2D eigenvalue weighted by Gasteiger charge is -2.10. The maximum Gasteiger partial charge on any atom is 0.269 e. The molecule has 1 heterocycles. The van der Waals surface area contributed by atoms with Gasteiger partial charge in [-0.3, -0.25) is 9.89 Å². The van der Waals surface area contributed by atoms with Gasteiger partial charge in [0.05, 0.1) is 10.7 Å². The number of halogens is 1. The first-order chi connectivity index (χ1) is 9.61. The number of aliphatic hydroxyl groups is 1. The zero-order valence-electron chi connectivity index (χ0n) is 11.1. The average molecular weight is 294 g/mol. The van der Waals surface area contributed by atoms with Crippen molar-refractivity contribution < 1.29 is 9.90 Å². The molecule has 3 N–H and O–H groups in total. The predicted molar refractivity (Wildman–Crippen MR) is 77.7 cm³/mol. The molecule has 0 saturated carbocycles. The van der Waals surface area contributed by atoms with E-state index >= 15 is 0 Å². The van der Waals surface area contributed by atoms with Gasteiger partial charge in [0.15, 0.2) is 0 Å². The summed E-state index contributed by atoms with van der Waals surface area (Å²) in [6, 6.07) is 8.87. The van der Waals surface area contributed by atoms with Crippen LogP contribution < -0.4 is 5.32 Å². The van der Waals surface area contributed by atoms with Crippen molar-refractivity contribution in [2.75, 3.05) is 6.61 Å². The van der Waals surface area contributed by atoms with E-state index in [2.05, 4.69) is 15.5 Å². The van der Waals surface area contributed by atoms with E-state index in [0.29, 0.717) is 22.8 Å². The fourth-order valence-electron chi connectivity index (χ4n) is 1.81. The van der Waals surface area contributed by atoms with Crippen LogP contribution in [0, 0.1) is 0 Å². The van der Waals surface area contributed by atoms with Crippen LogP contribution in [0.4, 0.5) is 0 Å². The van der Waals surface area contributed by atoms with Gasteiger partial charge >= 0.3 is 0 Å². The molecule has 6 heteroatoms. The van der Waals surface area contributed by atoms with Gasteiger partial charge in [0, 0.05) is 18.2 Å². The van der Waals surface area contributed by atoms with Crippen LogP contribution in [0.1, 0.15) is 23.8 Å². The number of amides is 1. The van der Waals surface area contributed by atoms with Crippen LogP contribution in [0.3, 0.4) is 0 Å². The number of carbonyl (C=O) groups excluding carboxylic acids is 1. The van der Waals surface area contributed by atoms with Gasteiger partial charge in [-0.25, -0.2) is 0 Å². The molecule has 0 aliphatic carbocycles. The maximum absolute atomic E-state index is 12.0. The zero-order valence-corrected chi connectivity index (χ0v) is 11.8. The van der Waals surface area contributed by atoms with E-state index in [0.717, 1.165) is 5.56 Å². The molecule has 1 aromatic heterocycles. The van der Waals surface area contributed by atoms with Crippen molar-refractivity contribution in [1.82, 2.24) is 15.5 Å². The third kappa shape index (κ3) is 3.37. The molecule has 2 aromatic rings. The second kappa shape index (κ2) is 6.54. The third-order valence-corrected chi connectivity index (χ3v) is 3.24. The van der Waals surface area contributed by atoms with E-state index in [4.69, 9.17) is 16.7 Å². The standard InChI is InChI=1S/C14H16ClN3O2/c1-9(6-7-19)16-14(20)13-8-12(17-18-13)10-4-2-3-5-11(10)15/h2-5,8-9,19H,6-7H2,1H3,(H,16,20)(H,17,18)/t9-/m1/s1. The highest BCUT2D eigenvalue weighted by Crippen LogP contribution is 2.26. The number of carbonyl (C=O) groups is 1. The van der Waals surface area contributed by atoms with Gasteiger partial charge in [0.2, 0.25) is 0 Å². The van der Waals surface area contributed by atoms with E-state index in [1.807, 2.05) is 25.1 Å². The molecule has 0 bridgehead atoms. The van der Waals surface area contributed by atoms with Crippen LogP contribution in [0.5, 0.6) is 0 Å². The van der Waals surface area contributed by atoms with Crippen LogP contribution in [-0.2, 0) is 0 Å². The fourth-order valence-corrected chi connectivity index (χ4v) is 2.04. The van der Waals surface area contributed by atoms with Gasteiger partial charge in [-0.05, 0) is 25.5 Å². The Bertz CT molecular complexity index is 598. The number of benzene rings is 1. The summed E-state index contributed by atoms with van der Waals surface area (Å²) in [6.07, 6.45) is 0.511. The van der Waals surface area contributed by atoms with Crippen molar-refractivity contribution in [2.24, 2.45) is 0 Å². The molecule has 0 saturated heterocycles. The summed E-state index contributed by atoms with van der Waals surface area (Å²) >= 11 is 6.09. The molecule has 5 nitrogen and oxygen atoms in total. The number of nitrogens with zero attached hydrogens (tertiary/aromatic N) is 1. The Morgan fingerprint density at radius 1 is 1.50 bits per heavy atom. The topological polar surface area (TPSA) is 78.0 Å². The Morgan fingerprint density at radius 2 is 2.25 bits per heavy atom. The third-order valence-electron chi connectivity index (χ3n) is 2.91. The molecular formula is C14H16ClN3O2. The second-order valence-electron chi connectivity index (χ2n) is 4.53. The molecule has 0 aliphatic heterocycles. The Balaban J connectivity index is 2.13. The number of aliphatic hydroxyl groups excluding tert-OH is 1. The zero-order chi connectivity index (χ0) is 14.5. The summed E-state index contributed by atoms with van der Waals surface area (Å²) in [5.74, 6) is -0.253. The first-order valence-electron chi connectivity index (χ1n) is 6.34. The first kappa shape index (κ1) is 14.6. The number of hydrogen-bond acceptors (Lipinski definition) is 3. The van der Waals surface area contributed by atoms with Crippen molar-refractivity contribution in [3.05, 3.63) is 41.0 Å². The normalized spacial score (nSPS) is 12.2. The molecule has 1 amide bonds. The summed E-state index contributed by atoms with van der Waals surface area (Å²) in [7, 11) is 0. The van der Waals surface area contributed by atoms with Crippen molar-refractivity contribution in [2.45, 2.75) is 19.4 Å². The lowest BCUT2D eigenvalue weighted by atomic mass is 10.1. The van der Waals surface area contributed by atoms with Gasteiger partial charge in [0.25, 0.3) is 5.91 Å². The van der Waals surface area contributed by atoms with Crippen molar-refractivity contribution in [3.63, 3.8) is 0 Å². The Labute approximate surface area is 122 Å². The first-order valence-corrected chi connectivity index (χ1v) is 6.71. The largest absolute Gasteiger partial charge is 0.396 e. The van der Waals surface area contributed by atoms with Crippen LogP contribution in [0.2, 0.25) is 5.02 Å². The second-order valence-corrected chi connectivity index (χ2v) is 4.94. The van der Waals surface area contributed by atoms with Crippen LogP contribution >= 0.6 is 11.6 Å².